The first kappa shape index (κ1) is 48.6. The van der Waals surface area contributed by atoms with Gasteiger partial charge in [0.1, 0.15) is 5.88 Å². The minimum atomic E-state index is -0.508. The van der Waals surface area contributed by atoms with Gasteiger partial charge in [-0.15, -0.1) is 23.2 Å². The molecule has 0 radical (unpaired) electrons. The number of benzene rings is 4. The number of hydrogen-bond donors (Lipinski definition) is 2. The Bertz CT molecular complexity index is 2260. The van der Waals surface area contributed by atoms with Crippen molar-refractivity contribution in [3.05, 3.63) is 129 Å². The molecule has 2 saturated carbocycles. The van der Waals surface area contributed by atoms with Gasteiger partial charge < -0.3 is 11.1 Å². The van der Waals surface area contributed by atoms with Gasteiger partial charge in [-0.3, -0.25) is 9.59 Å². The number of amides is 1. The number of aryl methyl sites for hydroxylation is 2. The third-order valence-electron chi connectivity index (χ3n) is 11.6. The summed E-state index contributed by atoms with van der Waals surface area (Å²) in [4.78, 5) is 53.9. The minimum Gasteiger partial charge on any atom is -0.398 e. The van der Waals surface area contributed by atoms with E-state index in [1.807, 2.05) is 24.3 Å². The van der Waals surface area contributed by atoms with Crippen LogP contribution in [-0.4, -0.2) is 35.2 Å². The predicted octanol–water partition coefficient (Wildman–Crippen LogP) is 11.7. The summed E-state index contributed by atoms with van der Waals surface area (Å²) in [6.07, 6.45) is 15.8. The quantitative estimate of drug-likeness (QED) is 0.107. The van der Waals surface area contributed by atoms with Crippen molar-refractivity contribution in [3.8, 4) is 0 Å². The highest BCUT2D eigenvalue weighted by Gasteiger charge is 2.31. The Balaban J connectivity index is 0.000000218. The summed E-state index contributed by atoms with van der Waals surface area (Å²) in [6, 6.07) is 30.4. The molecule has 3 N–H and O–H groups in total. The van der Waals surface area contributed by atoms with Gasteiger partial charge in [0, 0.05) is 22.5 Å². The first-order valence-electron chi connectivity index (χ1n) is 20.7. The van der Waals surface area contributed by atoms with Gasteiger partial charge in [0.2, 0.25) is 11.1 Å². The Morgan fingerprint density at radius 1 is 0.607 bits per heavy atom. The molecule has 0 atom stereocenters. The highest BCUT2D eigenvalue weighted by atomic mass is 35.5. The molecule has 0 bridgehead atoms. The van der Waals surface area contributed by atoms with Gasteiger partial charge in [0.25, 0.3) is 0 Å². The number of rotatable bonds is 7. The van der Waals surface area contributed by atoms with Crippen molar-refractivity contribution in [2.24, 2.45) is 11.8 Å². The second-order valence-electron chi connectivity index (χ2n) is 15.6. The number of anilines is 2. The first-order chi connectivity index (χ1) is 29.5. The average Bonchev–Trinajstić information content (AvgIpc) is 3.83. The Hall–Kier alpha value is -5.07. The Morgan fingerprint density at radius 2 is 1.02 bits per heavy atom. The summed E-state index contributed by atoms with van der Waals surface area (Å²) < 4.78 is 0. The van der Waals surface area contributed by atoms with Crippen molar-refractivity contribution in [3.63, 3.8) is 0 Å². The molecule has 11 heteroatoms. The van der Waals surface area contributed by atoms with Crippen LogP contribution in [0.1, 0.15) is 109 Å². The first-order valence-corrected chi connectivity index (χ1v) is 22.1. The van der Waals surface area contributed by atoms with Gasteiger partial charge in [-0.1, -0.05) is 122 Å². The monoisotopic (exact) mass is 882 g/mol. The lowest BCUT2D eigenvalue weighted by Crippen LogP contribution is -2.14. The van der Waals surface area contributed by atoms with E-state index < -0.39 is 5.24 Å². The fourth-order valence-corrected chi connectivity index (χ4v) is 9.23. The van der Waals surface area contributed by atoms with Crippen LogP contribution in [0.25, 0.3) is 22.3 Å². The number of carbonyl (C=O) groups excluding carboxylic acids is 6. The molecule has 4 aliphatic rings. The molecule has 61 heavy (non-hydrogen) atoms. The molecule has 8 rings (SSSR count). The van der Waals surface area contributed by atoms with E-state index in [9.17, 15) is 9.59 Å². The predicted molar refractivity (Wildman–Crippen MR) is 245 cm³/mol. The molecule has 0 saturated heterocycles. The summed E-state index contributed by atoms with van der Waals surface area (Å²) >= 11 is 15.3. The number of nitrogens with two attached hydrogens (primary N) is 1. The lowest BCUT2D eigenvalue weighted by molar-refractivity contribution is -0.193. The largest absolute Gasteiger partial charge is 0.398 e. The van der Waals surface area contributed by atoms with Crippen LogP contribution in [-0.2, 0) is 41.6 Å². The molecule has 4 aromatic carbocycles. The molecule has 2 fully saturated rings. The van der Waals surface area contributed by atoms with E-state index in [1.54, 1.807) is 5.57 Å². The Morgan fingerprint density at radius 3 is 1.44 bits per heavy atom. The maximum Gasteiger partial charge on any atom is 0.373 e. The van der Waals surface area contributed by atoms with Crippen LogP contribution < -0.4 is 11.1 Å². The van der Waals surface area contributed by atoms with Gasteiger partial charge >= 0.3 is 12.3 Å². The van der Waals surface area contributed by atoms with Crippen molar-refractivity contribution >= 4 is 91.9 Å². The van der Waals surface area contributed by atoms with E-state index in [1.165, 1.54) is 120 Å². The van der Waals surface area contributed by atoms with Crippen molar-refractivity contribution < 1.29 is 28.8 Å². The van der Waals surface area contributed by atoms with Gasteiger partial charge in [-0.25, -0.2) is 0 Å². The summed E-state index contributed by atoms with van der Waals surface area (Å²) in [7, 11) is 0. The number of halogens is 3. The molecular formula is C50H53Cl3N2O6. The van der Waals surface area contributed by atoms with Crippen LogP contribution in [0.3, 0.4) is 0 Å². The summed E-state index contributed by atoms with van der Waals surface area (Å²) in [5.74, 6) is 1.05. The van der Waals surface area contributed by atoms with E-state index in [4.69, 9.17) is 59.7 Å². The number of allylic oxidation sites excluding steroid dienone is 4. The van der Waals surface area contributed by atoms with E-state index in [2.05, 4.69) is 79.8 Å². The number of hydrogen-bond acceptors (Lipinski definition) is 7. The zero-order valence-corrected chi connectivity index (χ0v) is 37.1. The van der Waals surface area contributed by atoms with Gasteiger partial charge in [0.15, 0.2) is 0 Å². The second kappa shape index (κ2) is 25.0. The maximum absolute atomic E-state index is 11.9. The summed E-state index contributed by atoms with van der Waals surface area (Å²) in [6.45, 7) is 4.35. The molecule has 4 aromatic rings. The lowest BCUT2D eigenvalue weighted by atomic mass is 9.79. The third kappa shape index (κ3) is 13.5. The van der Waals surface area contributed by atoms with Crippen molar-refractivity contribution in [1.82, 2.24) is 0 Å². The molecule has 4 aliphatic carbocycles. The van der Waals surface area contributed by atoms with E-state index in [-0.39, 0.29) is 30.0 Å². The van der Waals surface area contributed by atoms with Crippen LogP contribution in [0.4, 0.5) is 11.4 Å². The van der Waals surface area contributed by atoms with Crippen molar-refractivity contribution in [1.29, 1.82) is 0 Å². The molecule has 8 nitrogen and oxygen atoms in total. The Kier molecular flexibility index (Phi) is 19.9. The summed E-state index contributed by atoms with van der Waals surface area (Å²) in [5, 5.41) is 2.49. The fourth-order valence-electron chi connectivity index (χ4n) is 9.17. The van der Waals surface area contributed by atoms with Crippen LogP contribution in [0.5, 0.6) is 0 Å². The highest BCUT2D eigenvalue weighted by Crippen LogP contribution is 2.49. The van der Waals surface area contributed by atoms with Crippen LogP contribution in [0.2, 0.25) is 0 Å². The standard InChI is InChI=1S/C24H26ClNO.C22H25N.C2H2Cl2O.2CO2/c1-16-11-12-19-18(13-16)14-21(24(19)17-7-3-2-4-8-17)20-9-5-6-10-22(20)26-23(27)15-25;1-15-11-12-18-17(13-15)14-20(19-9-5-6-10-21(19)23)22(18)16-7-3-2-4-8-16;3-1-2(4)5;2*2-1-3/h5-6,9-13,17H,2-4,7-8,14-15H2,1H3,(H,26,27);5-6,9-13,16H,2-4,7-8,14,23H2,1H3;1H2;;. The van der Waals surface area contributed by atoms with Gasteiger partial charge in [-0.05, 0) is 132 Å². The maximum atomic E-state index is 11.9. The van der Waals surface area contributed by atoms with E-state index in [0.717, 1.165) is 29.8 Å². The van der Waals surface area contributed by atoms with Gasteiger partial charge in [0.05, 0.1) is 5.88 Å². The van der Waals surface area contributed by atoms with Crippen LogP contribution in [0.15, 0.2) is 84.9 Å². The molecule has 0 unspecified atom stereocenters. The number of alkyl halides is 2. The number of carbonyl (C=O) groups is 2. The fraction of sp³-hybridized carbons (Fsp3) is 0.360. The van der Waals surface area contributed by atoms with Crippen molar-refractivity contribution in [2.45, 2.75) is 90.9 Å². The molecule has 1 amide bonds. The topological polar surface area (TPSA) is 140 Å². The van der Waals surface area contributed by atoms with Crippen molar-refractivity contribution in [2.75, 3.05) is 22.8 Å². The van der Waals surface area contributed by atoms with E-state index >= 15 is 0 Å². The zero-order valence-electron chi connectivity index (χ0n) is 34.8. The molecule has 0 spiro atoms. The molecular weight excluding hydrogens is 831 g/mol. The van der Waals surface area contributed by atoms with Crippen LogP contribution >= 0.6 is 34.8 Å². The normalized spacial score (nSPS) is 15.4. The SMILES string of the molecule is Cc1ccc2c(c1)CC(c1ccccc1N)=C2C1CCCCC1.Cc1ccc2c(c1)CC(c1ccccc1NC(=O)CCl)=C2C1CCCCC1.O=C(Cl)CCl.O=C=O.O=C=O. The number of fused-ring (bicyclic) bond motifs is 2. The lowest BCUT2D eigenvalue weighted by Gasteiger charge is -2.26. The minimum absolute atomic E-state index is 0.0255. The second-order valence-corrected chi connectivity index (χ2v) is 16.6. The third-order valence-corrected chi connectivity index (χ3v) is 12.3. The molecule has 0 aromatic heterocycles. The number of nitrogen functional groups attached to an aromatic ring is 1. The highest BCUT2D eigenvalue weighted by molar-refractivity contribution is 6.67. The number of nitrogens with one attached hydrogen (secondary N) is 1. The molecule has 0 aliphatic heterocycles. The number of para-hydroxylation sites is 2. The smallest absolute Gasteiger partial charge is 0.373 e. The van der Waals surface area contributed by atoms with Crippen LogP contribution in [0, 0.1) is 25.7 Å². The van der Waals surface area contributed by atoms with E-state index in [0.29, 0.717) is 11.8 Å². The molecule has 0 heterocycles. The zero-order chi connectivity index (χ0) is 44.3. The Labute approximate surface area is 373 Å². The molecule has 320 valence electrons. The van der Waals surface area contributed by atoms with Gasteiger partial charge in [-0.2, -0.15) is 19.2 Å². The summed E-state index contributed by atoms with van der Waals surface area (Å²) in [5.41, 5.74) is 25.0. The average molecular weight is 884 g/mol.